The Kier molecular flexibility index (Phi) is 5.83. The van der Waals surface area contributed by atoms with E-state index in [1.165, 1.54) is 17.7 Å². The molecule has 0 amide bonds. The number of imidazole rings is 1. The summed E-state index contributed by atoms with van der Waals surface area (Å²) in [7, 11) is 0. The standard InChI is InChI=1S/C22H23ClFN3O2/c23-18-13-20-19(25-22(29)26-20)12-17(18)21(28)7-10-27-8-5-15(6-9-27)11-14-1-3-16(24)4-2-14/h1-4,12-13,15H,5-11H2,(H2,25,26,29). The quantitative estimate of drug-likeness (QED) is 0.593. The van der Waals surface area contributed by atoms with Gasteiger partial charge < -0.3 is 14.9 Å². The number of likely N-dealkylation sites (tertiary alicyclic amines) is 1. The molecule has 0 aliphatic carbocycles. The highest BCUT2D eigenvalue weighted by Crippen LogP contribution is 2.24. The molecular formula is C22H23ClFN3O2. The number of Topliss-reactive ketones (excluding diaryl/α,β-unsaturated/α-hetero) is 1. The number of H-pyrrole nitrogens is 2. The van der Waals surface area contributed by atoms with Gasteiger partial charge in [-0.2, -0.15) is 0 Å². The zero-order valence-corrected chi connectivity index (χ0v) is 16.8. The fourth-order valence-electron chi connectivity index (χ4n) is 4.03. The molecule has 1 fully saturated rings. The van der Waals surface area contributed by atoms with Crippen molar-refractivity contribution < 1.29 is 9.18 Å². The first-order valence-electron chi connectivity index (χ1n) is 9.89. The van der Waals surface area contributed by atoms with Crippen LogP contribution in [0.2, 0.25) is 5.02 Å². The Bertz CT molecular complexity index is 1070. The number of aromatic amines is 2. The monoisotopic (exact) mass is 415 g/mol. The third kappa shape index (κ3) is 4.77. The van der Waals surface area contributed by atoms with Crippen molar-refractivity contribution in [2.75, 3.05) is 19.6 Å². The molecule has 1 saturated heterocycles. The van der Waals surface area contributed by atoms with Gasteiger partial charge in [0, 0.05) is 18.5 Å². The summed E-state index contributed by atoms with van der Waals surface area (Å²) >= 11 is 6.24. The van der Waals surface area contributed by atoms with Crippen LogP contribution >= 0.6 is 11.6 Å². The summed E-state index contributed by atoms with van der Waals surface area (Å²) in [6, 6.07) is 10.0. The minimum absolute atomic E-state index is 0.0209. The van der Waals surface area contributed by atoms with E-state index in [1.54, 1.807) is 12.1 Å². The van der Waals surface area contributed by atoms with Crippen LogP contribution in [-0.4, -0.2) is 40.3 Å². The first-order chi connectivity index (χ1) is 14.0. The zero-order valence-electron chi connectivity index (χ0n) is 16.0. The summed E-state index contributed by atoms with van der Waals surface area (Å²) in [4.78, 5) is 31.7. The Morgan fingerprint density at radius 3 is 2.45 bits per heavy atom. The Morgan fingerprint density at radius 2 is 1.76 bits per heavy atom. The lowest BCUT2D eigenvalue weighted by atomic mass is 9.90. The van der Waals surface area contributed by atoms with Crippen LogP contribution in [0.15, 0.2) is 41.2 Å². The van der Waals surface area contributed by atoms with E-state index in [-0.39, 0.29) is 17.3 Å². The first-order valence-corrected chi connectivity index (χ1v) is 10.3. The number of halogens is 2. The molecule has 152 valence electrons. The van der Waals surface area contributed by atoms with Crippen molar-refractivity contribution >= 4 is 28.4 Å². The van der Waals surface area contributed by atoms with Crippen LogP contribution in [0.3, 0.4) is 0 Å². The molecule has 2 heterocycles. The molecular weight excluding hydrogens is 393 g/mol. The van der Waals surface area contributed by atoms with Gasteiger partial charge in [-0.25, -0.2) is 9.18 Å². The average Bonchev–Trinajstić information content (AvgIpc) is 3.07. The molecule has 0 spiro atoms. The van der Waals surface area contributed by atoms with Crippen LogP contribution in [0.5, 0.6) is 0 Å². The molecule has 0 bridgehead atoms. The molecule has 0 saturated carbocycles. The molecule has 0 radical (unpaired) electrons. The van der Waals surface area contributed by atoms with Crippen LogP contribution in [0, 0.1) is 11.7 Å². The van der Waals surface area contributed by atoms with E-state index < -0.39 is 0 Å². The molecule has 5 nitrogen and oxygen atoms in total. The maximum atomic E-state index is 13.0. The summed E-state index contributed by atoms with van der Waals surface area (Å²) in [5.41, 5.74) is 2.49. The highest BCUT2D eigenvalue weighted by molar-refractivity contribution is 6.34. The van der Waals surface area contributed by atoms with Gasteiger partial charge in [0.15, 0.2) is 5.78 Å². The Morgan fingerprint density at radius 1 is 1.10 bits per heavy atom. The van der Waals surface area contributed by atoms with Gasteiger partial charge >= 0.3 is 5.69 Å². The molecule has 1 aromatic heterocycles. The third-order valence-corrected chi connectivity index (χ3v) is 6.02. The third-order valence-electron chi connectivity index (χ3n) is 5.70. The molecule has 1 aliphatic rings. The summed E-state index contributed by atoms with van der Waals surface area (Å²) in [6.45, 7) is 2.61. The summed E-state index contributed by atoms with van der Waals surface area (Å²) in [5.74, 6) is 0.373. The molecule has 2 N–H and O–H groups in total. The number of benzene rings is 2. The number of carbonyl (C=O) groups is 1. The summed E-state index contributed by atoms with van der Waals surface area (Å²) in [5, 5.41) is 0.357. The van der Waals surface area contributed by atoms with Gasteiger partial charge in [0.05, 0.1) is 16.1 Å². The Balaban J connectivity index is 1.29. The van der Waals surface area contributed by atoms with Crippen molar-refractivity contribution in [1.29, 1.82) is 0 Å². The van der Waals surface area contributed by atoms with E-state index in [2.05, 4.69) is 14.9 Å². The molecule has 0 unspecified atom stereocenters. The number of nitrogens with zero attached hydrogens (tertiary/aromatic N) is 1. The predicted molar refractivity (Wildman–Crippen MR) is 112 cm³/mol. The van der Waals surface area contributed by atoms with E-state index in [9.17, 15) is 14.0 Å². The van der Waals surface area contributed by atoms with Gasteiger partial charge in [0.2, 0.25) is 0 Å². The van der Waals surface area contributed by atoms with E-state index >= 15 is 0 Å². The molecule has 0 atom stereocenters. The average molecular weight is 416 g/mol. The van der Waals surface area contributed by atoms with Crippen molar-refractivity contribution in [2.24, 2.45) is 5.92 Å². The number of fused-ring (bicyclic) bond motifs is 1. The Labute approximate surface area is 172 Å². The van der Waals surface area contributed by atoms with E-state index in [0.717, 1.165) is 32.4 Å². The highest BCUT2D eigenvalue weighted by atomic mass is 35.5. The topological polar surface area (TPSA) is 69.0 Å². The molecule has 7 heteroatoms. The number of piperidine rings is 1. The fourth-order valence-corrected chi connectivity index (χ4v) is 4.30. The van der Waals surface area contributed by atoms with Crippen molar-refractivity contribution in [1.82, 2.24) is 14.9 Å². The minimum Gasteiger partial charge on any atom is -0.306 e. The largest absolute Gasteiger partial charge is 0.323 e. The molecule has 4 rings (SSSR count). The van der Waals surface area contributed by atoms with Crippen LogP contribution in [0.25, 0.3) is 11.0 Å². The molecule has 1 aliphatic heterocycles. The number of nitrogens with one attached hydrogen (secondary N) is 2. The number of carbonyl (C=O) groups excluding carboxylic acids is 1. The van der Waals surface area contributed by atoms with Crippen LogP contribution in [0.1, 0.15) is 35.2 Å². The van der Waals surface area contributed by atoms with Gasteiger partial charge in [-0.3, -0.25) is 4.79 Å². The van der Waals surface area contributed by atoms with Gasteiger partial charge in [0.25, 0.3) is 0 Å². The summed E-state index contributed by atoms with van der Waals surface area (Å²) in [6.07, 6.45) is 3.51. The van der Waals surface area contributed by atoms with Gasteiger partial charge in [-0.15, -0.1) is 0 Å². The van der Waals surface area contributed by atoms with Crippen molar-refractivity contribution in [3.63, 3.8) is 0 Å². The lowest BCUT2D eigenvalue weighted by molar-refractivity contribution is 0.0951. The molecule has 29 heavy (non-hydrogen) atoms. The second kappa shape index (κ2) is 8.51. The molecule has 3 aromatic rings. The second-order valence-corrected chi connectivity index (χ2v) is 8.15. The van der Waals surface area contributed by atoms with Crippen molar-refractivity contribution in [3.8, 4) is 0 Å². The first kappa shape index (κ1) is 19.9. The highest BCUT2D eigenvalue weighted by Gasteiger charge is 2.21. The fraction of sp³-hybridized carbons (Fsp3) is 0.364. The SMILES string of the molecule is O=C(CCN1CCC(Cc2ccc(F)cc2)CC1)c1cc2[nH]c(=O)[nH]c2cc1Cl. The van der Waals surface area contributed by atoms with E-state index in [1.807, 2.05) is 12.1 Å². The number of aromatic nitrogens is 2. The number of rotatable bonds is 6. The van der Waals surface area contributed by atoms with Crippen LogP contribution in [-0.2, 0) is 6.42 Å². The molecule has 2 aromatic carbocycles. The van der Waals surface area contributed by atoms with Crippen molar-refractivity contribution in [3.05, 3.63) is 68.8 Å². The lowest BCUT2D eigenvalue weighted by Gasteiger charge is -2.31. The smallest absolute Gasteiger partial charge is 0.306 e. The number of ketones is 1. The zero-order chi connectivity index (χ0) is 20.4. The normalized spacial score (nSPS) is 15.8. The van der Waals surface area contributed by atoms with Gasteiger partial charge in [0.1, 0.15) is 5.82 Å². The van der Waals surface area contributed by atoms with Crippen LogP contribution < -0.4 is 5.69 Å². The minimum atomic E-state index is -0.316. The van der Waals surface area contributed by atoms with Crippen LogP contribution in [0.4, 0.5) is 4.39 Å². The predicted octanol–water partition coefficient (Wildman–Crippen LogP) is 4.18. The second-order valence-electron chi connectivity index (χ2n) is 7.75. The van der Waals surface area contributed by atoms with E-state index in [0.29, 0.717) is 40.5 Å². The maximum absolute atomic E-state index is 13.0. The maximum Gasteiger partial charge on any atom is 0.323 e. The van der Waals surface area contributed by atoms with E-state index in [4.69, 9.17) is 11.6 Å². The lowest BCUT2D eigenvalue weighted by Crippen LogP contribution is -2.35. The van der Waals surface area contributed by atoms with Crippen molar-refractivity contribution in [2.45, 2.75) is 25.7 Å². The van der Waals surface area contributed by atoms with Gasteiger partial charge in [-0.05, 0) is 68.1 Å². The number of hydrogen-bond donors (Lipinski definition) is 2. The van der Waals surface area contributed by atoms with Gasteiger partial charge in [-0.1, -0.05) is 23.7 Å². The number of hydrogen-bond acceptors (Lipinski definition) is 3. The Hall–Kier alpha value is -2.44. The summed E-state index contributed by atoms with van der Waals surface area (Å²) < 4.78 is 13.0.